The van der Waals surface area contributed by atoms with Crippen molar-refractivity contribution in [1.29, 1.82) is 0 Å². The van der Waals surface area contributed by atoms with E-state index in [-0.39, 0.29) is 18.3 Å². The number of hydrogen-bond acceptors (Lipinski definition) is 4. The molecule has 0 bridgehead atoms. The van der Waals surface area contributed by atoms with E-state index in [2.05, 4.69) is 31.8 Å². The van der Waals surface area contributed by atoms with Crippen molar-refractivity contribution < 1.29 is 4.79 Å². The molecule has 148 valence electrons. The third-order valence-electron chi connectivity index (χ3n) is 5.00. The SMILES string of the molecule is CN(CCCc1cc(-c2ccccc2)n[nH]1)C(=O)c1n[nH]c2c1CNCC2.Cl. The summed E-state index contributed by atoms with van der Waals surface area (Å²) in [6.45, 7) is 2.30. The lowest BCUT2D eigenvalue weighted by atomic mass is 10.1. The molecule has 0 atom stereocenters. The summed E-state index contributed by atoms with van der Waals surface area (Å²) in [5.41, 5.74) is 5.77. The number of carbonyl (C=O) groups excluding carboxylic acids is 1. The van der Waals surface area contributed by atoms with E-state index in [0.29, 0.717) is 18.8 Å². The van der Waals surface area contributed by atoms with E-state index in [9.17, 15) is 4.79 Å². The topological polar surface area (TPSA) is 89.7 Å². The Balaban J connectivity index is 0.00000225. The van der Waals surface area contributed by atoms with Gasteiger partial charge in [-0.3, -0.25) is 15.0 Å². The van der Waals surface area contributed by atoms with Crippen LogP contribution < -0.4 is 5.32 Å². The number of fused-ring (bicyclic) bond motifs is 1. The molecule has 3 aromatic rings. The molecular formula is C20H25ClN6O. The molecule has 28 heavy (non-hydrogen) atoms. The molecule has 1 aliphatic heterocycles. The minimum absolute atomic E-state index is 0. The van der Waals surface area contributed by atoms with E-state index >= 15 is 0 Å². The normalized spacial score (nSPS) is 12.9. The molecule has 8 heteroatoms. The molecule has 0 saturated carbocycles. The van der Waals surface area contributed by atoms with Crippen LogP contribution in [0.3, 0.4) is 0 Å². The van der Waals surface area contributed by atoms with Gasteiger partial charge in [-0.05, 0) is 18.9 Å². The van der Waals surface area contributed by atoms with Crippen LogP contribution in [0, 0.1) is 0 Å². The molecule has 0 spiro atoms. The number of aromatic nitrogens is 4. The van der Waals surface area contributed by atoms with E-state index in [1.165, 1.54) is 0 Å². The Morgan fingerprint density at radius 2 is 2.00 bits per heavy atom. The van der Waals surface area contributed by atoms with Crippen LogP contribution in [0.15, 0.2) is 36.4 Å². The summed E-state index contributed by atoms with van der Waals surface area (Å²) in [5.74, 6) is -0.0224. The lowest BCUT2D eigenvalue weighted by molar-refractivity contribution is 0.0786. The van der Waals surface area contributed by atoms with Gasteiger partial charge in [0.25, 0.3) is 5.91 Å². The molecule has 0 radical (unpaired) electrons. The van der Waals surface area contributed by atoms with Crippen molar-refractivity contribution in [3.05, 3.63) is 59.0 Å². The van der Waals surface area contributed by atoms with E-state index in [1.807, 2.05) is 37.4 Å². The molecule has 0 saturated heterocycles. The minimum Gasteiger partial charge on any atom is -0.340 e. The van der Waals surface area contributed by atoms with Gasteiger partial charge >= 0.3 is 0 Å². The van der Waals surface area contributed by atoms with Gasteiger partial charge in [-0.2, -0.15) is 10.2 Å². The van der Waals surface area contributed by atoms with E-state index in [0.717, 1.165) is 54.0 Å². The van der Waals surface area contributed by atoms with Crippen molar-refractivity contribution in [2.24, 2.45) is 0 Å². The molecule has 0 aliphatic carbocycles. The number of amides is 1. The van der Waals surface area contributed by atoms with Gasteiger partial charge in [0, 0.05) is 55.6 Å². The van der Waals surface area contributed by atoms with Gasteiger partial charge in [-0.15, -0.1) is 12.4 Å². The number of aromatic amines is 2. The lowest BCUT2D eigenvalue weighted by Gasteiger charge is -2.18. The van der Waals surface area contributed by atoms with Gasteiger partial charge in [0.2, 0.25) is 0 Å². The number of carbonyl (C=O) groups is 1. The minimum atomic E-state index is -0.0224. The van der Waals surface area contributed by atoms with Gasteiger partial charge < -0.3 is 10.2 Å². The summed E-state index contributed by atoms with van der Waals surface area (Å²) < 4.78 is 0. The van der Waals surface area contributed by atoms with Gasteiger partial charge in [0.15, 0.2) is 5.69 Å². The standard InChI is InChI=1S/C20H24N6O.ClH/c1-26(20(27)19-16-13-21-10-9-17(16)23-25-19)11-5-8-15-12-18(24-22-15)14-6-3-2-4-7-14;/h2-4,6-7,12,21H,5,8-11,13H2,1H3,(H,22,24)(H,23,25);1H. The average Bonchev–Trinajstić information content (AvgIpc) is 3.35. The number of benzene rings is 1. The first kappa shape index (κ1) is 20.1. The third kappa shape index (κ3) is 4.26. The van der Waals surface area contributed by atoms with Gasteiger partial charge in [-0.25, -0.2) is 0 Å². The molecule has 0 unspecified atom stereocenters. The Bertz CT molecular complexity index is 920. The zero-order valence-electron chi connectivity index (χ0n) is 15.9. The van der Waals surface area contributed by atoms with Crippen LogP contribution in [-0.4, -0.2) is 51.3 Å². The third-order valence-corrected chi connectivity index (χ3v) is 5.00. The summed E-state index contributed by atoms with van der Waals surface area (Å²) in [4.78, 5) is 14.5. The van der Waals surface area contributed by atoms with E-state index in [4.69, 9.17) is 0 Å². The Labute approximate surface area is 170 Å². The molecule has 4 rings (SSSR count). The molecule has 1 aliphatic rings. The number of aryl methyl sites for hydroxylation is 1. The van der Waals surface area contributed by atoms with Gasteiger partial charge in [-0.1, -0.05) is 30.3 Å². The average molecular weight is 401 g/mol. The molecular weight excluding hydrogens is 376 g/mol. The smallest absolute Gasteiger partial charge is 0.274 e. The Hall–Kier alpha value is -2.64. The second-order valence-corrected chi connectivity index (χ2v) is 6.93. The highest BCUT2D eigenvalue weighted by atomic mass is 35.5. The second kappa shape index (κ2) is 9.03. The highest BCUT2D eigenvalue weighted by Crippen LogP contribution is 2.18. The van der Waals surface area contributed by atoms with Crippen LogP contribution in [0.5, 0.6) is 0 Å². The fourth-order valence-corrected chi connectivity index (χ4v) is 3.44. The van der Waals surface area contributed by atoms with E-state index in [1.54, 1.807) is 4.90 Å². The molecule has 3 N–H and O–H groups in total. The first-order valence-electron chi connectivity index (χ1n) is 9.34. The Kier molecular flexibility index (Phi) is 6.49. The number of nitrogens with one attached hydrogen (secondary N) is 3. The van der Waals surface area contributed by atoms with Crippen molar-refractivity contribution in [2.45, 2.75) is 25.8 Å². The fraction of sp³-hybridized carbons (Fsp3) is 0.350. The van der Waals surface area contributed by atoms with E-state index < -0.39 is 0 Å². The van der Waals surface area contributed by atoms with Crippen LogP contribution in [0.4, 0.5) is 0 Å². The van der Waals surface area contributed by atoms with Crippen molar-refractivity contribution in [3.8, 4) is 11.3 Å². The summed E-state index contributed by atoms with van der Waals surface area (Å²) in [5, 5.41) is 18.0. The monoisotopic (exact) mass is 400 g/mol. The van der Waals surface area contributed by atoms with Crippen LogP contribution in [0.25, 0.3) is 11.3 Å². The summed E-state index contributed by atoms with van der Waals surface area (Å²) in [6, 6.07) is 12.2. The van der Waals surface area contributed by atoms with Crippen molar-refractivity contribution in [1.82, 2.24) is 30.6 Å². The van der Waals surface area contributed by atoms with Crippen molar-refractivity contribution in [2.75, 3.05) is 20.1 Å². The number of H-pyrrole nitrogens is 2. The first-order valence-corrected chi connectivity index (χ1v) is 9.34. The molecule has 1 aromatic carbocycles. The molecule has 1 amide bonds. The predicted octanol–water partition coefficient (Wildman–Crippen LogP) is 2.57. The molecule has 3 heterocycles. The molecule has 7 nitrogen and oxygen atoms in total. The Morgan fingerprint density at radius 3 is 2.82 bits per heavy atom. The predicted molar refractivity (Wildman–Crippen MR) is 111 cm³/mol. The zero-order chi connectivity index (χ0) is 18.6. The maximum Gasteiger partial charge on any atom is 0.274 e. The van der Waals surface area contributed by atoms with Crippen molar-refractivity contribution >= 4 is 18.3 Å². The quantitative estimate of drug-likeness (QED) is 0.593. The largest absolute Gasteiger partial charge is 0.340 e. The lowest BCUT2D eigenvalue weighted by Crippen LogP contribution is -2.31. The number of hydrogen-bond donors (Lipinski definition) is 3. The summed E-state index contributed by atoms with van der Waals surface area (Å²) in [7, 11) is 1.84. The van der Waals surface area contributed by atoms with Gasteiger partial charge in [0.05, 0.1) is 5.69 Å². The van der Waals surface area contributed by atoms with Crippen LogP contribution in [0.1, 0.15) is 33.9 Å². The summed E-state index contributed by atoms with van der Waals surface area (Å²) in [6.07, 6.45) is 2.60. The highest BCUT2D eigenvalue weighted by molar-refractivity contribution is 5.93. The van der Waals surface area contributed by atoms with Gasteiger partial charge in [0.1, 0.15) is 0 Å². The number of rotatable bonds is 6. The molecule has 2 aromatic heterocycles. The number of nitrogens with zero attached hydrogens (tertiary/aromatic N) is 3. The summed E-state index contributed by atoms with van der Waals surface area (Å²) >= 11 is 0. The van der Waals surface area contributed by atoms with Crippen molar-refractivity contribution in [3.63, 3.8) is 0 Å². The highest BCUT2D eigenvalue weighted by Gasteiger charge is 2.23. The first-order chi connectivity index (χ1) is 13.2. The second-order valence-electron chi connectivity index (χ2n) is 6.93. The Morgan fingerprint density at radius 1 is 1.18 bits per heavy atom. The maximum absolute atomic E-state index is 12.7. The van der Waals surface area contributed by atoms with Crippen LogP contribution in [-0.2, 0) is 19.4 Å². The fourth-order valence-electron chi connectivity index (χ4n) is 3.44. The zero-order valence-corrected chi connectivity index (χ0v) is 16.7. The number of halogens is 1. The van der Waals surface area contributed by atoms with Crippen LogP contribution in [0.2, 0.25) is 0 Å². The van der Waals surface area contributed by atoms with Crippen LogP contribution >= 0.6 is 12.4 Å². The molecule has 0 fully saturated rings. The maximum atomic E-state index is 12.7.